The van der Waals surface area contributed by atoms with Gasteiger partial charge in [-0.05, 0) is 42.3 Å². The van der Waals surface area contributed by atoms with Gasteiger partial charge < -0.3 is 19.8 Å². The topological polar surface area (TPSA) is 46.3 Å². The summed E-state index contributed by atoms with van der Waals surface area (Å²) < 4.78 is 60.2. The number of hydrogen-bond donors (Lipinski definition) is 2. The molecule has 2 aromatic carbocycles. The summed E-state index contributed by atoms with van der Waals surface area (Å²) in [6.07, 6.45) is -1.84. The molecule has 0 atom stereocenters. The van der Waals surface area contributed by atoms with Crippen molar-refractivity contribution in [3.8, 4) is 11.5 Å². The monoisotopic (exact) mass is 396 g/mol. The number of rotatable bonds is 8. The van der Waals surface area contributed by atoms with E-state index in [0.29, 0.717) is 25.0 Å². The van der Waals surface area contributed by atoms with Gasteiger partial charge >= 0.3 is 6.18 Å². The van der Waals surface area contributed by atoms with Gasteiger partial charge in [-0.2, -0.15) is 13.2 Å². The van der Waals surface area contributed by atoms with Crippen LogP contribution in [0.5, 0.6) is 11.5 Å². The average Bonchev–Trinajstić information content (AvgIpc) is 3.04. The van der Waals surface area contributed by atoms with Crippen molar-refractivity contribution in [1.29, 1.82) is 0 Å². The highest BCUT2D eigenvalue weighted by molar-refractivity contribution is 5.84. The highest BCUT2D eigenvalue weighted by atomic mass is 19.4. The van der Waals surface area contributed by atoms with Gasteiger partial charge in [-0.15, -0.1) is 0 Å². The smallest absolute Gasteiger partial charge is 0.422 e. The van der Waals surface area contributed by atoms with Crippen LogP contribution in [0.2, 0.25) is 0 Å². The quantitative estimate of drug-likeness (QED) is 0.433. The van der Waals surface area contributed by atoms with E-state index in [0.717, 1.165) is 16.5 Å². The van der Waals surface area contributed by atoms with Gasteiger partial charge in [-0.25, -0.2) is 4.39 Å². The number of fused-ring (bicyclic) bond motifs is 1. The number of methoxy groups -OCH3 is 1. The molecule has 0 bridgehead atoms. The molecule has 1 heterocycles. The minimum Gasteiger partial charge on any atom is -0.494 e. The molecule has 3 aromatic rings. The second-order valence-corrected chi connectivity index (χ2v) is 6.32. The van der Waals surface area contributed by atoms with E-state index in [-0.39, 0.29) is 11.5 Å². The highest BCUT2D eigenvalue weighted by Crippen LogP contribution is 2.27. The van der Waals surface area contributed by atoms with Crippen LogP contribution in [0.1, 0.15) is 11.1 Å². The Hall–Kier alpha value is -2.74. The molecule has 2 N–H and O–H groups in total. The van der Waals surface area contributed by atoms with Crippen LogP contribution in [0.25, 0.3) is 10.9 Å². The zero-order chi connectivity index (χ0) is 20.1. The Balaban J connectivity index is 1.54. The van der Waals surface area contributed by atoms with Gasteiger partial charge in [-0.1, -0.05) is 12.1 Å². The second-order valence-electron chi connectivity index (χ2n) is 6.32. The van der Waals surface area contributed by atoms with Crippen LogP contribution in [0.4, 0.5) is 17.6 Å². The van der Waals surface area contributed by atoms with Gasteiger partial charge in [0.05, 0.1) is 7.11 Å². The minimum absolute atomic E-state index is 0.183. The van der Waals surface area contributed by atoms with Crippen LogP contribution in [0.15, 0.2) is 42.6 Å². The van der Waals surface area contributed by atoms with Crippen molar-refractivity contribution >= 4 is 10.9 Å². The Morgan fingerprint density at radius 1 is 1.14 bits per heavy atom. The summed E-state index contributed by atoms with van der Waals surface area (Å²) in [6, 6.07) is 9.61. The average molecular weight is 396 g/mol. The molecular weight excluding hydrogens is 376 g/mol. The van der Waals surface area contributed by atoms with Crippen molar-refractivity contribution < 1.29 is 27.0 Å². The lowest BCUT2D eigenvalue weighted by Crippen LogP contribution is -2.19. The lowest BCUT2D eigenvalue weighted by atomic mass is 10.1. The summed E-state index contributed by atoms with van der Waals surface area (Å²) >= 11 is 0. The van der Waals surface area contributed by atoms with Crippen molar-refractivity contribution in [2.24, 2.45) is 0 Å². The van der Waals surface area contributed by atoms with Crippen LogP contribution < -0.4 is 14.8 Å². The Bertz CT molecular complexity index is 938. The molecule has 28 heavy (non-hydrogen) atoms. The second kappa shape index (κ2) is 8.52. The number of alkyl halides is 3. The Kier molecular flexibility index (Phi) is 6.08. The summed E-state index contributed by atoms with van der Waals surface area (Å²) in [5, 5.41) is 4.14. The van der Waals surface area contributed by atoms with E-state index in [2.05, 4.69) is 10.3 Å². The first-order chi connectivity index (χ1) is 13.4. The number of nitrogens with one attached hydrogen (secondary N) is 2. The van der Waals surface area contributed by atoms with E-state index in [9.17, 15) is 17.6 Å². The van der Waals surface area contributed by atoms with Crippen LogP contribution in [-0.4, -0.2) is 31.4 Å². The maximum Gasteiger partial charge on any atom is 0.422 e. The summed E-state index contributed by atoms with van der Waals surface area (Å²) in [4.78, 5) is 3.04. The first-order valence-corrected chi connectivity index (χ1v) is 8.68. The van der Waals surface area contributed by atoms with Gasteiger partial charge in [0.15, 0.2) is 18.2 Å². The third kappa shape index (κ3) is 5.16. The zero-order valence-electron chi connectivity index (χ0n) is 15.2. The van der Waals surface area contributed by atoms with Gasteiger partial charge in [0, 0.05) is 29.7 Å². The molecule has 0 fully saturated rings. The van der Waals surface area contributed by atoms with E-state index in [1.54, 1.807) is 18.2 Å². The standard InChI is InChI=1S/C20H20F4N2O2/c1-27-19-8-16-14(11-26-18(16)9-17(19)21)5-6-25-10-13-3-2-4-15(7-13)28-12-20(22,23)24/h2-4,7-9,11,25-26H,5-6,10,12H2,1H3. The van der Waals surface area contributed by atoms with Gasteiger partial charge in [0.2, 0.25) is 0 Å². The molecule has 3 rings (SSSR count). The number of halogens is 4. The van der Waals surface area contributed by atoms with Crippen molar-refractivity contribution in [3.63, 3.8) is 0 Å². The maximum atomic E-state index is 13.7. The largest absolute Gasteiger partial charge is 0.494 e. The summed E-state index contributed by atoms with van der Waals surface area (Å²) in [5.74, 6) is -0.0477. The Morgan fingerprint density at radius 3 is 2.71 bits per heavy atom. The van der Waals surface area contributed by atoms with Crippen molar-refractivity contribution in [3.05, 3.63) is 59.5 Å². The summed E-state index contributed by atoms with van der Waals surface area (Å²) in [5.41, 5.74) is 2.54. The number of benzene rings is 2. The molecule has 0 spiro atoms. The highest BCUT2D eigenvalue weighted by Gasteiger charge is 2.28. The van der Waals surface area contributed by atoms with Crippen molar-refractivity contribution in [1.82, 2.24) is 10.3 Å². The fourth-order valence-electron chi connectivity index (χ4n) is 2.91. The molecule has 0 aliphatic heterocycles. The molecule has 150 valence electrons. The molecule has 0 saturated carbocycles. The van der Waals surface area contributed by atoms with Crippen molar-refractivity contribution in [2.45, 2.75) is 19.1 Å². The Labute approximate surface area is 159 Å². The van der Waals surface area contributed by atoms with Gasteiger partial charge in [-0.3, -0.25) is 0 Å². The SMILES string of the molecule is COc1cc2c(CCNCc3cccc(OCC(F)(F)F)c3)c[nH]c2cc1F. The maximum absolute atomic E-state index is 13.7. The Morgan fingerprint density at radius 2 is 1.96 bits per heavy atom. The number of H-pyrrole nitrogens is 1. The first-order valence-electron chi connectivity index (χ1n) is 8.68. The number of aromatic nitrogens is 1. The van der Waals surface area contributed by atoms with E-state index < -0.39 is 18.6 Å². The third-order valence-electron chi connectivity index (χ3n) is 4.24. The number of ether oxygens (including phenoxy) is 2. The van der Waals surface area contributed by atoms with E-state index >= 15 is 0 Å². The molecule has 0 saturated heterocycles. The predicted octanol–water partition coefficient (Wildman–Crippen LogP) is 4.59. The van der Waals surface area contributed by atoms with E-state index in [1.165, 1.54) is 19.2 Å². The molecule has 0 amide bonds. The molecule has 0 aliphatic carbocycles. The molecule has 1 aromatic heterocycles. The van der Waals surface area contributed by atoms with Crippen molar-refractivity contribution in [2.75, 3.05) is 20.3 Å². The van der Waals surface area contributed by atoms with Crippen LogP contribution in [-0.2, 0) is 13.0 Å². The number of hydrogen-bond acceptors (Lipinski definition) is 3. The molecule has 4 nitrogen and oxygen atoms in total. The normalized spacial score (nSPS) is 11.8. The summed E-state index contributed by atoms with van der Waals surface area (Å²) in [6.45, 7) is -0.182. The van der Waals surface area contributed by atoms with Gasteiger partial charge in [0.1, 0.15) is 5.75 Å². The molecule has 0 unspecified atom stereocenters. The predicted molar refractivity (Wildman–Crippen MR) is 98.2 cm³/mol. The lowest BCUT2D eigenvalue weighted by Gasteiger charge is -2.10. The van der Waals surface area contributed by atoms with Crippen LogP contribution >= 0.6 is 0 Å². The van der Waals surface area contributed by atoms with Gasteiger partial charge in [0.25, 0.3) is 0 Å². The first kappa shape index (κ1) is 20.0. The van der Waals surface area contributed by atoms with Crippen LogP contribution in [0.3, 0.4) is 0 Å². The van der Waals surface area contributed by atoms with E-state index in [1.807, 2.05) is 12.3 Å². The van der Waals surface area contributed by atoms with E-state index in [4.69, 9.17) is 9.47 Å². The fraction of sp³-hybridized carbons (Fsp3) is 0.300. The zero-order valence-corrected chi connectivity index (χ0v) is 15.2. The molecular formula is C20H20F4N2O2. The summed E-state index contributed by atoms with van der Waals surface area (Å²) in [7, 11) is 1.42. The third-order valence-corrected chi connectivity index (χ3v) is 4.24. The lowest BCUT2D eigenvalue weighted by molar-refractivity contribution is -0.153. The van der Waals surface area contributed by atoms with Crippen LogP contribution in [0, 0.1) is 5.82 Å². The molecule has 0 radical (unpaired) electrons. The molecule has 0 aliphatic rings. The minimum atomic E-state index is -4.36. The molecule has 8 heteroatoms. The fourth-order valence-corrected chi connectivity index (χ4v) is 2.91. The number of aromatic amines is 1.